The Bertz CT molecular complexity index is 542. The third kappa shape index (κ3) is 2.54. The van der Waals surface area contributed by atoms with Crippen LogP contribution in [0.5, 0.6) is 5.75 Å². The normalized spacial score (nSPS) is 20.3. The van der Waals surface area contributed by atoms with Crippen molar-refractivity contribution < 1.29 is 19.4 Å². The number of anilines is 1. The van der Waals surface area contributed by atoms with Crippen LogP contribution in [0.2, 0.25) is 0 Å². The molecule has 0 aromatic heterocycles. The van der Waals surface area contributed by atoms with Gasteiger partial charge in [-0.1, -0.05) is 12.1 Å². The predicted octanol–water partition coefficient (Wildman–Crippen LogP) is 0.935. The molecular weight excluding hydrogens is 260 g/mol. The minimum atomic E-state index is -0.991. The molecule has 1 saturated carbocycles. The molecule has 1 heterocycles. The number of ether oxygens (including phenoxy) is 1. The van der Waals surface area contributed by atoms with Crippen LogP contribution in [0.15, 0.2) is 24.3 Å². The number of carboxylic acids is 1. The van der Waals surface area contributed by atoms with Gasteiger partial charge in [0.15, 0.2) is 6.10 Å². The number of para-hydroxylation sites is 2. The average Bonchev–Trinajstić information content (AvgIpc) is 3.28. The molecule has 2 N–H and O–H groups in total. The zero-order valence-electron chi connectivity index (χ0n) is 10.9. The number of nitrogens with zero attached hydrogens (tertiary/aromatic N) is 1. The highest BCUT2D eigenvalue weighted by atomic mass is 16.5. The Morgan fingerprint density at radius 3 is 2.80 bits per heavy atom. The molecule has 20 heavy (non-hydrogen) atoms. The lowest BCUT2D eigenvalue weighted by molar-refractivity contribution is -0.148. The van der Waals surface area contributed by atoms with Crippen molar-refractivity contribution in [3.05, 3.63) is 24.3 Å². The SMILES string of the molecule is O=C(O)CN(C(=O)C1CNc2ccccc2O1)C1CC1. The number of benzene rings is 1. The van der Waals surface area contributed by atoms with Gasteiger partial charge in [-0.3, -0.25) is 9.59 Å². The van der Waals surface area contributed by atoms with E-state index in [1.54, 1.807) is 6.07 Å². The zero-order valence-corrected chi connectivity index (χ0v) is 10.9. The first-order valence-electron chi connectivity index (χ1n) is 6.67. The van der Waals surface area contributed by atoms with Crippen molar-refractivity contribution in [1.82, 2.24) is 4.90 Å². The van der Waals surface area contributed by atoms with E-state index < -0.39 is 12.1 Å². The van der Waals surface area contributed by atoms with Crippen molar-refractivity contribution >= 4 is 17.6 Å². The number of aliphatic carboxylic acids is 1. The highest BCUT2D eigenvalue weighted by molar-refractivity contribution is 5.86. The van der Waals surface area contributed by atoms with E-state index >= 15 is 0 Å². The Kier molecular flexibility index (Phi) is 3.22. The maximum absolute atomic E-state index is 12.4. The number of carbonyl (C=O) groups is 2. The third-order valence-corrected chi connectivity index (χ3v) is 3.49. The first kappa shape index (κ1) is 12.8. The molecule has 1 aromatic rings. The molecule has 0 spiro atoms. The van der Waals surface area contributed by atoms with Crippen LogP contribution in [-0.2, 0) is 9.59 Å². The van der Waals surface area contributed by atoms with Gasteiger partial charge in [0.1, 0.15) is 12.3 Å². The zero-order chi connectivity index (χ0) is 14.1. The molecule has 1 fully saturated rings. The van der Waals surface area contributed by atoms with Crippen molar-refractivity contribution in [3.8, 4) is 5.75 Å². The summed E-state index contributed by atoms with van der Waals surface area (Å²) in [5.41, 5.74) is 0.854. The summed E-state index contributed by atoms with van der Waals surface area (Å²) in [5.74, 6) is -0.616. The van der Waals surface area contributed by atoms with Crippen LogP contribution in [0.4, 0.5) is 5.69 Å². The summed E-state index contributed by atoms with van der Waals surface area (Å²) >= 11 is 0. The summed E-state index contributed by atoms with van der Waals surface area (Å²) < 4.78 is 5.69. The molecule has 1 unspecified atom stereocenters. The monoisotopic (exact) mass is 276 g/mol. The fraction of sp³-hybridized carbons (Fsp3) is 0.429. The van der Waals surface area contributed by atoms with Crippen LogP contribution < -0.4 is 10.1 Å². The van der Waals surface area contributed by atoms with Gasteiger partial charge in [0, 0.05) is 6.04 Å². The van der Waals surface area contributed by atoms with Gasteiger partial charge in [-0.25, -0.2) is 0 Å². The smallest absolute Gasteiger partial charge is 0.323 e. The first-order chi connectivity index (χ1) is 9.65. The second kappa shape index (κ2) is 5.03. The van der Waals surface area contributed by atoms with Crippen molar-refractivity contribution in [1.29, 1.82) is 0 Å². The lowest BCUT2D eigenvalue weighted by atomic mass is 10.2. The minimum Gasteiger partial charge on any atom is -0.480 e. The molecule has 0 saturated heterocycles. The van der Waals surface area contributed by atoms with E-state index in [0.717, 1.165) is 18.5 Å². The van der Waals surface area contributed by atoms with E-state index in [-0.39, 0.29) is 18.5 Å². The quantitative estimate of drug-likeness (QED) is 0.855. The van der Waals surface area contributed by atoms with Gasteiger partial charge in [0.2, 0.25) is 0 Å². The van der Waals surface area contributed by atoms with Crippen molar-refractivity contribution in [2.45, 2.75) is 25.0 Å². The summed E-state index contributed by atoms with van der Waals surface area (Å²) in [6.45, 7) is 0.101. The summed E-state index contributed by atoms with van der Waals surface area (Å²) in [6.07, 6.45) is 1.08. The lowest BCUT2D eigenvalue weighted by Crippen LogP contribution is -2.49. The predicted molar refractivity (Wildman–Crippen MR) is 71.7 cm³/mol. The molecule has 106 valence electrons. The molecule has 1 aliphatic heterocycles. The second-order valence-corrected chi connectivity index (χ2v) is 5.07. The van der Waals surface area contributed by atoms with Gasteiger partial charge in [0.05, 0.1) is 12.2 Å². The molecule has 1 amide bonds. The van der Waals surface area contributed by atoms with Gasteiger partial charge in [-0.05, 0) is 25.0 Å². The summed E-state index contributed by atoms with van der Waals surface area (Å²) in [7, 11) is 0. The summed E-state index contributed by atoms with van der Waals surface area (Å²) in [5, 5.41) is 12.1. The minimum absolute atomic E-state index is 0.0550. The molecule has 1 aromatic carbocycles. The Labute approximate surface area is 116 Å². The van der Waals surface area contributed by atoms with Crippen LogP contribution in [0.1, 0.15) is 12.8 Å². The van der Waals surface area contributed by atoms with Gasteiger partial charge < -0.3 is 20.1 Å². The summed E-state index contributed by atoms with van der Waals surface area (Å²) in [4.78, 5) is 24.7. The van der Waals surface area contributed by atoms with E-state index in [1.807, 2.05) is 18.2 Å². The number of hydrogen-bond donors (Lipinski definition) is 2. The van der Waals surface area contributed by atoms with E-state index in [0.29, 0.717) is 12.3 Å². The van der Waals surface area contributed by atoms with Crippen LogP contribution in [-0.4, -0.2) is 47.1 Å². The Balaban J connectivity index is 1.72. The van der Waals surface area contributed by atoms with E-state index in [4.69, 9.17) is 9.84 Å². The molecule has 6 heteroatoms. The fourth-order valence-corrected chi connectivity index (χ4v) is 2.35. The Hall–Kier alpha value is -2.24. The first-order valence-corrected chi connectivity index (χ1v) is 6.67. The van der Waals surface area contributed by atoms with Gasteiger partial charge in [-0.2, -0.15) is 0 Å². The van der Waals surface area contributed by atoms with Gasteiger partial charge in [0.25, 0.3) is 5.91 Å². The number of carbonyl (C=O) groups excluding carboxylic acids is 1. The topological polar surface area (TPSA) is 78.9 Å². The molecule has 1 aliphatic carbocycles. The van der Waals surface area contributed by atoms with Gasteiger partial charge >= 0.3 is 5.97 Å². The fourth-order valence-electron chi connectivity index (χ4n) is 2.35. The Morgan fingerprint density at radius 1 is 1.35 bits per heavy atom. The van der Waals surface area contributed by atoms with Crippen LogP contribution in [0.25, 0.3) is 0 Å². The van der Waals surface area contributed by atoms with E-state index in [9.17, 15) is 9.59 Å². The number of hydrogen-bond acceptors (Lipinski definition) is 4. The van der Waals surface area contributed by atoms with Crippen LogP contribution in [0, 0.1) is 0 Å². The number of carboxylic acid groups (broad SMARTS) is 1. The highest BCUT2D eigenvalue weighted by Gasteiger charge is 2.38. The molecule has 2 aliphatic rings. The lowest BCUT2D eigenvalue weighted by Gasteiger charge is -2.30. The molecule has 0 bridgehead atoms. The van der Waals surface area contributed by atoms with Gasteiger partial charge in [-0.15, -0.1) is 0 Å². The maximum Gasteiger partial charge on any atom is 0.323 e. The molecule has 3 rings (SSSR count). The van der Waals surface area contributed by atoms with Crippen LogP contribution >= 0.6 is 0 Å². The van der Waals surface area contributed by atoms with Crippen molar-refractivity contribution in [3.63, 3.8) is 0 Å². The van der Waals surface area contributed by atoms with Crippen molar-refractivity contribution in [2.24, 2.45) is 0 Å². The second-order valence-electron chi connectivity index (χ2n) is 5.07. The molecule has 0 radical (unpaired) electrons. The molecule has 1 atom stereocenters. The number of nitrogens with one attached hydrogen (secondary N) is 1. The summed E-state index contributed by atoms with van der Waals surface area (Å²) in [6, 6.07) is 7.45. The van der Waals surface area contributed by atoms with E-state index in [2.05, 4.69) is 5.32 Å². The van der Waals surface area contributed by atoms with Crippen molar-refractivity contribution in [2.75, 3.05) is 18.4 Å². The number of amides is 1. The standard InChI is InChI=1S/C14H16N2O4/c17-13(18)8-16(9-5-6-9)14(19)12-7-15-10-3-1-2-4-11(10)20-12/h1-4,9,12,15H,5-8H2,(H,17,18). The third-order valence-electron chi connectivity index (χ3n) is 3.49. The highest BCUT2D eigenvalue weighted by Crippen LogP contribution is 2.31. The Morgan fingerprint density at radius 2 is 2.10 bits per heavy atom. The number of fused-ring (bicyclic) bond motifs is 1. The largest absolute Gasteiger partial charge is 0.480 e. The number of rotatable bonds is 4. The van der Waals surface area contributed by atoms with E-state index in [1.165, 1.54) is 4.90 Å². The average molecular weight is 276 g/mol. The molecular formula is C14H16N2O4. The molecule has 6 nitrogen and oxygen atoms in total. The van der Waals surface area contributed by atoms with Crippen LogP contribution in [0.3, 0.4) is 0 Å². The maximum atomic E-state index is 12.4.